The molecule has 0 saturated carbocycles. The number of rotatable bonds is 5. The Morgan fingerprint density at radius 1 is 1.00 bits per heavy atom. The van der Waals surface area contributed by atoms with Gasteiger partial charge in [0.2, 0.25) is 5.91 Å². The van der Waals surface area contributed by atoms with Gasteiger partial charge >= 0.3 is 0 Å². The van der Waals surface area contributed by atoms with Crippen molar-refractivity contribution in [1.29, 1.82) is 0 Å². The maximum Gasteiger partial charge on any atom is 0.242 e. The van der Waals surface area contributed by atoms with E-state index in [9.17, 15) is 4.79 Å². The van der Waals surface area contributed by atoms with Gasteiger partial charge in [0.1, 0.15) is 12.3 Å². The van der Waals surface area contributed by atoms with E-state index in [1.807, 2.05) is 29.2 Å². The molecule has 1 saturated heterocycles. The van der Waals surface area contributed by atoms with Gasteiger partial charge in [0.05, 0.1) is 7.11 Å². The van der Waals surface area contributed by atoms with Crippen LogP contribution in [0.25, 0.3) is 10.9 Å². The van der Waals surface area contributed by atoms with Gasteiger partial charge in [0, 0.05) is 43.9 Å². The Hall–Kier alpha value is -2.79. The molecule has 0 N–H and O–H groups in total. The van der Waals surface area contributed by atoms with Gasteiger partial charge in [-0.3, -0.25) is 9.69 Å². The molecule has 4 rings (SSSR count). The first kappa shape index (κ1) is 18.6. The minimum absolute atomic E-state index is 0.202. The van der Waals surface area contributed by atoms with Crippen LogP contribution in [0.1, 0.15) is 11.3 Å². The fourth-order valence-electron chi connectivity index (χ4n) is 3.94. The molecule has 5 nitrogen and oxygen atoms in total. The summed E-state index contributed by atoms with van der Waals surface area (Å²) in [7, 11) is 1.68. The van der Waals surface area contributed by atoms with E-state index in [1.165, 1.54) is 10.9 Å². The van der Waals surface area contributed by atoms with Gasteiger partial charge < -0.3 is 14.2 Å². The van der Waals surface area contributed by atoms with Gasteiger partial charge in [-0.1, -0.05) is 30.3 Å². The van der Waals surface area contributed by atoms with E-state index in [1.54, 1.807) is 7.11 Å². The predicted octanol–water partition coefficient (Wildman–Crippen LogP) is 3.30. The molecule has 0 aliphatic carbocycles. The summed E-state index contributed by atoms with van der Waals surface area (Å²) in [4.78, 5) is 17.3. The SMILES string of the molecule is COc1ccc(CN2CCN(C(=O)Cn3c(C)cc4ccccc43)CC2)cc1. The largest absolute Gasteiger partial charge is 0.497 e. The van der Waals surface area contributed by atoms with Crippen LogP contribution in [0.4, 0.5) is 0 Å². The highest BCUT2D eigenvalue weighted by atomic mass is 16.5. The number of nitrogens with zero attached hydrogens (tertiary/aromatic N) is 3. The second-order valence-corrected chi connectivity index (χ2v) is 7.44. The molecular formula is C23H27N3O2. The van der Waals surface area contributed by atoms with Crippen LogP contribution in [0, 0.1) is 6.92 Å². The van der Waals surface area contributed by atoms with Crippen LogP contribution in [0.15, 0.2) is 54.6 Å². The fraction of sp³-hybridized carbons (Fsp3) is 0.348. The Kier molecular flexibility index (Phi) is 5.35. The summed E-state index contributed by atoms with van der Waals surface area (Å²) in [6.45, 7) is 6.78. The lowest BCUT2D eigenvalue weighted by molar-refractivity contribution is -0.133. The number of fused-ring (bicyclic) bond motifs is 1. The summed E-state index contributed by atoms with van der Waals surface area (Å²) >= 11 is 0. The van der Waals surface area contributed by atoms with Gasteiger partial charge in [-0.05, 0) is 42.1 Å². The van der Waals surface area contributed by atoms with Crippen molar-refractivity contribution in [2.45, 2.75) is 20.0 Å². The summed E-state index contributed by atoms with van der Waals surface area (Å²) < 4.78 is 7.34. The summed E-state index contributed by atoms with van der Waals surface area (Å²) in [6, 6.07) is 18.6. The van der Waals surface area contributed by atoms with Crippen molar-refractivity contribution in [3.63, 3.8) is 0 Å². The lowest BCUT2D eigenvalue weighted by atomic mass is 10.2. The normalized spacial score (nSPS) is 15.1. The Morgan fingerprint density at radius 2 is 1.71 bits per heavy atom. The number of hydrogen-bond donors (Lipinski definition) is 0. The van der Waals surface area contributed by atoms with E-state index in [0.29, 0.717) is 6.54 Å². The van der Waals surface area contributed by atoms with Gasteiger partial charge in [-0.25, -0.2) is 0 Å². The number of aromatic nitrogens is 1. The number of methoxy groups -OCH3 is 1. The fourth-order valence-corrected chi connectivity index (χ4v) is 3.94. The molecule has 1 aliphatic heterocycles. The number of ether oxygens (including phenoxy) is 1. The third kappa shape index (κ3) is 3.90. The Bertz CT molecular complexity index is 954. The first-order chi connectivity index (χ1) is 13.6. The van der Waals surface area contributed by atoms with Crippen molar-refractivity contribution in [3.8, 4) is 5.75 Å². The molecule has 1 fully saturated rings. The molecule has 0 spiro atoms. The molecular weight excluding hydrogens is 350 g/mol. The van der Waals surface area contributed by atoms with E-state index in [-0.39, 0.29) is 5.91 Å². The smallest absolute Gasteiger partial charge is 0.242 e. The standard InChI is InChI=1S/C23H27N3O2/c1-18-15-20-5-3-4-6-22(20)26(18)17-23(27)25-13-11-24(12-14-25)16-19-7-9-21(28-2)10-8-19/h3-10,15H,11-14,16-17H2,1-2H3. The van der Waals surface area contributed by atoms with Crippen LogP contribution < -0.4 is 4.74 Å². The number of para-hydroxylation sites is 1. The number of amides is 1. The molecule has 2 heterocycles. The molecule has 0 bridgehead atoms. The average Bonchev–Trinajstić information content (AvgIpc) is 3.04. The summed E-state index contributed by atoms with van der Waals surface area (Å²) in [5.74, 6) is 1.08. The minimum Gasteiger partial charge on any atom is -0.497 e. The van der Waals surface area contributed by atoms with Gasteiger partial charge in [-0.15, -0.1) is 0 Å². The average molecular weight is 377 g/mol. The Labute approximate surface area is 166 Å². The molecule has 3 aromatic rings. The zero-order valence-electron chi connectivity index (χ0n) is 16.6. The van der Waals surface area contributed by atoms with E-state index in [4.69, 9.17) is 4.74 Å². The second kappa shape index (κ2) is 8.07. The van der Waals surface area contributed by atoms with E-state index in [0.717, 1.165) is 49.7 Å². The first-order valence-electron chi connectivity index (χ1n) is 9.82. The lowest BCUT2D eigenvalue weighted by Gasteiger charge is -2.35. The topological polar surface area (TPSA) is 37.7 Å². The number of carbonyl (C=O) groups excluding carboxylic acids is 1. The summed E-state index contributed by atoms with van der Waals surface area (Å²) in [6.07, 6.45) is 0. The molecule has 1 aliphatic rings. The molecule has 2 aromatic carbocycles. The molecule has 0 radical (unpaired) electrons. The van der Waals surface area contributed by atoms with Gasteiger partial charge in [-0.2, -0.15) is 0 Å². The molecule has 1 aromatic heterocycles. The number of benzene rings is 2. The molecule has 146 valence electrons. The monoisotopic (exact) mass is 377 g/mol. The van der Waals surface area contributed by atoms with Crippen LogP contribution in [0.3, 0.4) is 0 Å². The van der Waals surface area contributed by atoms with Crippen LogP contribution >= 0.6 is 0 Å². The van der Waals surface area contributed by atoms with Gasteiger partial charge in [0.25, 0.3) is 0 Å². The summed E-state index contributed by atoms with van der Waals surface area (Å²) in [5.41, 5.74) is 3.54. The highest BCUT2D eigenvalue weighted by Gasteiger charge is 2.22. The molecule has 0 unspecified atom stereocenters. The minimum atomic E-state index is 0.202. The van der Waals surface area contributed by atoms with E-state index >= 15 is 0 Å². The number of piperazine rings is 1. The Morgan fingerprint density at radius 3 is 2.43 bits per heavy atom. The van der Waals surface area contributed by atoms with Crippen LogP contribution in [-0.2, 0) is 17.9 Å². The second-order valence-electron chi connectivity index (χ2n) is 7.44. The number of aryl methyl sites for hydroxylation is 1. The molecule has 1 amide bonds. The first-order valence-corrected chi connectivity index (χ1v) is 9.82. The molecule has 0 atom stereocenters. The molecule has 5 heteroatoms. The van der Waals surface area contributed by atoms with Crippen LogP contribution in [0.2, 0.25) is 0 Å². The molecule has 28 heavy (non-hydrogen) atoms. The predicted molar refractivity (Wildman–Crippen MR) is 112 cm³/mol. The summed E-state index contributed by atoms with van der Waals surface area (Å²) in [5, 5.41) is 1.19. The maximum absolute atomic E-state index is 12.9. The zero-order valence-corrected chi connectivity index (χ0v) is 16.6. The van der Waals surface area contributed by atoms with Crippen molar-refractivity contribution in [3.05, 3.63) is 65.9 Å². The number of hydrogen-bond acceptors (Lipinski definition) is 3. The highest BCUT2D eigenvalue weighted by molar-refractivity contribution is 5.84. The van der Waals surface area contributed by atoms with Crippen LogP contribution in [0.5, 0.6) is 5.75 Å². The van der Waals surface area contributed by atoms with E-state index < -0.39 is 0 Å². The van der Waals surface area contributed by atoms with Crippen LogP contribution in [-0.4, -0.2) is 53.6 Å². The third-order valence-electron chi connectivity index (χ3n) is 5.60. The highest BCUT2D eigenvalue weighted by Crippen LogP contribution is 2.20. The van der Waals surface area contributed by atoms with Crippen molar-refractivity contribution < 1.29 is 9.53 Å². The quantitative estimate of drug-likeness (QED) is 0.685. The number of carbonyl (C=O) groups is 1. The van der Waals surface area contributed by atoms with E-state index in [2.05, 4.69) is 46.7 Å². The van der Waals surface area contributed by atoms with Crippen molar-refractivity contribution in [2.75, 3.05) is 33.3 Å². The lowest BCUT2D eigenvalue weighted by Crippen LogP contribution is -2.49. The van der Waals surface area contributed by atoms with Crippen molar-refractivity contribution in [2.24, 2.45) is 0 Å². The van der Waals surface area contributed by atoms with Gasteiger partial charge in [0.15, 0.2) is 0 Å². The van der Waals surface area contributed by atoms with Crippen molar-refractivity contribution in [1.82, 2.24) is 14.4 Å². The third-order valence-corrected chi connectivity index (χ3v) is 5.60. The van der Waals surface area contributed by atoms with Crippen molar-refractivity contribution >= 4 is 16.8 Å². The zero-order chi connectivity index (χ0) is 19.5. The Balaban J connectivity index is 1.34. The maximum atomic E-state index is 12.9.